The minimum Gasteiger partial charge on any atom is -0.459 e. The number of rotatable bonds is 7. The standard InChI is InChI=1S/C24H34ClNO4/c1-2-29-24-20(9-8-16-27)21(18-10-12-19(25)13-11-18)17-22(30-24)23(28)26-14-6-4-3-5-7-15-26/h10-13,17,20-21,24,27H,2-9,14-16H2,1H3/t20-,21-,24-/m0/s1. The van der Waals surface area contributed by atoms with Gasteiger partial charge in [-0.15, -0.1) is 0 Å². The molecule has 1 amide bonds. The zero-order valence-corrected chi connectivity index (χ0v) is 18.7. The predicted molar refractivity (Wildman–Crippen MR) is 118 cm³/mol. The highest BCUT2D eigenvalue weighted by atomic mass is 35.5. The Morgan fingerprint density at radius 2 is 1.83 bits per heavy atom. The maximum Gasteiger partial charge on any atom is 0.288 e. The Labute approximate surface area is 185 Å². The van der Waals surface area contributed by atoms with Crippen molar-refractivity contribution in [1.82, 2.24) is 4.90 Å². The first kappa shape index (κ1) is 23.1. The molecule has 5 nitrogen and oxygen atoms in total. The van der Waals surface area contributed by atoms with Crippen LogP contribution < -0.4 is 0 Å². The third-order valence-corrected chi connectivity index (χ3v) is 6.27. The zero-order chi connectivity index (χ0) is 21.3. The third kappa shape index (κ3) is 5.99. The predicted octanol–water partition coefficient (Wildman–Crippen LogP) is 4.88. The molecule has 166 valence electrons. The number of aliphatic hydroxyl groups is 1. The van der Waals surface area contributed by atoms with E-state index in [-0.39, 0.29) is 24.3 Å². The fourth-order valence-electron chi connectivity index (χ4n) is 4.43. The van der Waals surface area contributed by atoms with Gasteiger partial charge in [0.1, 0.15) is 0 Å². The average Bonchev–Trinajstić information content (AvgIpc) is 2.72. The maximum absolute atomic E-state index is 13.3. The van der Waals surface area contributed by atoms with Crippen LogP contribution in [0.3, 0.4) is 0 Å². The van der Waals surface area contributed by atoms with Crippen molar-refractivity contribution in [2.45, 2.75) is 64.1 Å². The van der Waals surface area contributed by atoms with E-state index in [2.05, 4.69) is 0 Å². The van der Waals surface area contributed by atoms with Gasteiger partial charge < -0.3 is 19.5 Å². The van der Waals surface area contributed by atoms with Crippen LogP contribution in [0.1, 0.15) is 63.4 Å². The van der Waals surface area contributed by atoms with Crippen molar-refractivity contribution in [2.75, 3.05) is 26.3 Å². The maximum atomic E-state index is 13.3. The Morgan fingerprint density at radius 3 is 2.47 bits per heavy atom. The highest BCUT2D eigenvalue weighted by Gasteiger charge is 2.38. The molecule has 0 saturated carbocycles. The molecule has 1 aromatic carbocycles. The molecule has 2 aliphatic heterocycles. The van der Waals surface area contributed by atoms with E-state index < -0.39 is 6.29 Å². The van der Waals surface area contributed by atoms with E-state index in [9.17, 15) is 9.90 Å². The Balaban J connectivity index is 1.90. The molecule has 0 unspecified atom stereocenters. The van der Waals surface area contributed by atoms with Crippen LogP contribution in [-0.4, -0.2) is 48.5 Å². The Kier molecular flexibility index (Phi) is 9.04. The highest BCUT2D eigenvalue weighted by Crippen LogP contribution is 2.40. The second-order valence-electron chi connectivity index (χ2n) is 8.14. The van der Waals surface area contributed by atoms with Crippen molar-refractivity contribution in [2.24, 2.45) is 5.92 Å². The van der Waals surface area contributed by atoms with Crippen LogP contribution in [0, 0.1) is 5.92 Å². The lowest BCUT2D eigenvalue weighted by atomic mass is 9.80. The average molecular weight is 436 g/mol. The number of likely N-dealkylation sites (tertiary alicyclic amines) is 1. The van der Waals surface area contributed by atoms with Crippen LogP contribution >= 0.6 is 11.6 Å². The van der Waals surface area contributed by atoms with E-state index in [4.69, 9.17) is 21.1 Å². The summed E-state index contributed by atoms with van der Waals surface area (Å²) in [6, 6.07) is 7.75. The van der Waals surface area contributed by atoms with Crippen LogP contribution in [0.4, 0.5) is 0 Å². The van der Waals surface area contributed by atoms with Gasteiger partial charge in [-0.05, 0) is 56.4 Å². The van der Waals surface area contributed by atoms with Crippen LogP contribution in [0.15, 0.2) is 36.1 Å². The first-order valence-corrected chi connectivity index (χ1v) is 11.7. The lowest BCUT2D eigenvalue weighted by Crippen LogP contribution is -2.41. The highest BCUT2D eigenvalue weighted by molar-refractivity contribution is 6.30. The smallest absolute Gasteiger partial charge is 0.288 e. The Hall–Kier alpha value is -1.56. The number of halogens is 1. The van der Waals surface area contributed by atoms with Crippen molar-refractivity contribution in [3.63, 3.8) is 0 Å². The fourth-order valence-corrected chi connectivity index (χ4v) is 4.55. The number of amides is 1. The van der Waals surface area contributed by atoms with Gasteiger partial charge in [0.15, 0.2) is 5.76 Å². The molecular formula is C24H34ClNO4. The van der Waals surface area contributed by atoms with E-state index in [1.165, 1.54) is 19.3 Å². The molecule has 0 spiro atoms. The van der Waals surface area contributed by atoms with Crippen LogP contribution in [0.25, 0.3) is 0 Å². The fraction of sp³-hybridized carbons (Fsp3) is 0.625. The Bertz CT molecular complexity index is 698. The molecule has 1 N–H and O–H groups in total. The zero-order valence-electron chi connectivity index (χ0n) is 17.9. The molecule has 0 aromatic heterocycles. The molecule has 1 aromatic rings. The molecule has 0 bridgehead atoms. The molecular weight excluding hydrogens is 402 g/mol. The molecule has 2 heterocycles. The van der Waals surface area contributed by atoms with Gasteiger partial charge in [0.05, 0.1) is 0 Å². The quantitative estimate of drug-likeness (QED) is 0.662. The van der Waals surface area contributed by atoms with E-state index >= 15 is 0 Å². The molecule has 0 radical (unpaired) electrons. The van der Waals surface area contributed by atoms with E-state index in [1.54, 1.807) is 0 Å². The van der Waals surface area contributed by atoms with Gasteiger partial charge >= 0.3 is 0 Å². The van der Waals surface area contributed by atoms with Gasteiger partial charge in [0, 0.05) is 43.2 Å². The van der Waals surface area contributed by atoms with E-state index in [1.807, 2.05) is 42.2 Å². The molecule has 0 aliphatic carbocycles. The van der Waals surface area contributed by atoms with Gasteiger partial charge in [0.25, 0.3) is 5.91 Å². The molecule has 2 aliphatic rings. The number of carbonyl (C=O) groups is 1. The summed E-state index contributed by atoms with van der Waals surface area (Å²) in [5.41, 5.74) is 1.08. The topological polar surface area (TPSA) is 59.0 Å². The molecule has 6 heteroatoms. The first-order chi connectivity index (χ1) is 14.6. The van der Waals surface area contributed by atoms with Crippen LogP contribution in [0.5, 0.6) is 0 Å². The third-order valence-electron chi connectivity index (χ3n) is 6.02. The molecule has 1 saturated heterocycles. The minimum absolute atomic E-state index is 0.0159. The van der Waals surface area contributed by atoms with Crippen molar-refractivity contribution in [3.8, 4) is 0 Å². The number of hydrogen-bond donors (Lipinski definition) is 1. The van der Waals surface area contributed by atoms with Gasteiger partial charge in [-0.25, -0.2) is 0 Å². The van der Waals surface area contributed by atoms with Crippen molar-refractivity contribution >= 4 is 17.5 Å². The number of hydrogen-bond acceptors (Lipinski definition) is 4. The van der Waals surface area contributed by atoms with Gasteiger partial charge in [-0.1, -0.05) is 43.0 Å². The summed E-state index contributed by atoms with van der Waals surface area (Å²) in [5.74, 6) is 0.324. The number of carbonyl (C=O) groups excluding carboxylic acids is 1. The minimum atomic E-state index is -0.513. The van der Waals surface area contributed by atoms with Crippen LogP contribution in [0.2, 0.25) is 5.02 Å². The van der Waals surface area contributed by atoms with E-state index in [0.717, 1.165) is 37.9 Å². The van der Waals surface area contributed by atoms with Gasteiger partial charge in [-0.3, -0.25) is 4.79 Å². The first-order valence-electron chi connectivity index (χ1n) is 11.3. The summed E-state index contributed by atoms with van der Waals surface area (Å²) >= 11 is 6.10. The number of ether oxygens (including phenoxy) is 2. The summed E-state index contributed by atoms with van der Waals surface area (Å²) in [7, 11) is 0. The number of aliphatic hydroxyl groups excluding tert-OH is 1. The van der Waals surface area contributed by atoms with Gasteiger partial charge in [0.2, 0.25) is 6.29 Å². The Morgan fingerprint density at radius 1 is 1.17 bits per heavy atom. The number of allylic oxidation sites excluding steroid dienone is 1. The summed E-state index contributed by atoms with van der Waals surface area (Å²) in [6.07, 6.45) is 8.51. The van der Waals surface area contributed by atoms with Crippen molar-refractivity contribution in [3.05, 3.63) is 46.7 Å². The largest absolute Gasteiger partial charge is 0.459 e. The summed E-state index contributed by atoms with van der Waals surface area (Å²) in [4.78, 5) is 15.3. The lowest BCUT2D eigenvalue weighted by Gasteiger charge is -2.38. The van der Waals surface area contributed by atoms with Gasteiger partial charge in [-0.2, -0.15) is 0 Å². The molecule has 3 rings (SSSR count). The number of nitrogens with zero attached hydrogens (tertiary/aromatic N) is 1. The molecule has 3 atom stereocenters. The summed E-state index contributed by atoms with van der Waals surface area (Å²) in [5, 5.41) is 10.1. The second-order valence-corrected chi connectivity index (χ2v) is 8.58. The lowest BCUT2D eigenvalue weighted by molar-refractivity contribution is -0.170. The summed E-state index contributed by atoms with van der Waals surface area (Å²) < 4.78 is 12.1. The summed E-state index contributed by atoms with van der Waals surface area (Å²) in [6.45, 7) is 4.10. The monoisotopic (exact) mass is 435 g/mol. The molecule has 1 fully saturated rings. The SMILES string of the molecule is CCO[C@H]1OC(C(=O)N2CCCCCCC2)=C[C@@H](c2ccc(Cl)cc2)[C@@H]1CCCO. The normalized spacial score (nSPS) is 25.1. The second kappa shape index (κ2) is 11.7. The van der Waals surface area contributed by atoms with Crippen LogP contribution in [-0.2, 0) is 14.3 Å². The number of benzene rings is 1. The van der Waals surface area contributed by atoms with Crippen molar-refractivity contribution < 1.29 is 19.4 Å². The van der Waals surface area contributed by atoms with E-state index in [0.29, 0.717) is 23.8 Å². The molecule has 30 heavy (non-hydrogen) atoms. The van der Waals surface area contributed by atoms with Crippen molar-refractivity contribution in [1.29, 1.82) is 0 Å².